The number of sulfone groups is 1. The van der Waals surface area contributed by atoms with E-state index >= 15 is 0 Å². The zero-order valence-corrected chi connectivity index (χ0v) is 14.4. The Morgan fingerprint density at radius 1 is 1.33 bits per heavy atom. The summed E-state index contributed by atoms with van der Waals surface area (Å²) in [6, 6.07) is 9.64. The third-order valence-corrected chi connectivity index (χ3v) is 6.04. The van der Waals surface area contributed by atoms with Gasteiger partial charge in [0.25, 0.3) is 5.91 Å². The van der Waals surface area contributed by atoms with Gasteiger partial charge in [-0.15, -0.1) is 0 Å². The van der Waals surface area contributed by atoms with Gasteiger partial charge in [0.2, 0.25) is 0 Å². The molecule has 0 saturated carbocycles. The SMILES string of the molecule is CCc1c(C(=O)NC2CCS(=O)(=O)C2)cnn1Cc1ccccc1. The van der Waals surface area contributed by atoms with Crippen LogP contribution in [0.3, 0.4) is 0 Å². The predicted octanol–water partition coefficient (Wildman–Crippen LogP) is 1.41. The fourth-order valence-electron chi connectivity index (χ4n) is 3.04. The van der Waals surface area contributed by atoms with Crippen LogP contribution in [0.25, 0.3) is 0 Å². The Labute approximate surface area is 141 Å². The molecule has 0 aliphatic carbocycles. The number of rotatable bonds is 5. The molecule has 1 N–H and O–H groups in total. The van der Waals surface area contributed by atoms with Gasteiger partial charge in [-0.3, -0.25) is 9.48 Å². The van der Waals surface area contributed by atoms with Crippen molar-refractivity contribution in [3.63, 3.8) is 0 Å². The van der Waals surface area contributed by atoms with Crippen molar-refractivity contribution in [1.29, 1.82) is 0 Å². The molecule has 6 nitrogen and oxygen atoms in total. The van der Waals surface area contributed by atoms with Crippen LogP contribution in [0.5, 0.6) is 0 Å². The Morgan fingerprint density at radius 3 is 2.71 bits per heavy atom. The average molecular weight is 347 g/mol. The van der Waals surface area contributed by atoms with Crippen molar-refractivity contribution in [2.45, 2.75) is 32.4 Å². The van der Waals surface area contributed by atoms with Gasteiger partial charge in [0.15, 0.2) is 9.84 Å². The van der Waals surface area contributed by atoms with E-state index in [0.717, 1.165) is 11.3 Å². The van der Waals surface area contributed by atoms with Crippen LogP contribution < -0.4 is 5.32 Å². The molecule has 1 aromatic carbocycles. The zero-order chi connectivity index (χ0) is 17.2. The van der Waals surface area contributed by atoms with Crippen LogP contribution in [0.15, 0.2) is 36.5 Å². The highest BCUT2D eigenvalue weighted by atomic mass is 32.2. The molecule has 2 heterocycles. The molecular weight excluding hydrogens is 326 g/mol. The number of amides is 1. The van der Waals surface area contributed by atoms with E-state index < -0.39 is 9.84 Å². The van der Waals surface area contributed by atoms with E-state index in [-0.39, 0.29) is 23.5 Å². The summed E-state index contributed by atoms with van der Waals surface area (Å²) in [5, 5.41) is 7.18. The van der Waals surface area contributed by atoms with Crippen LogP contribution in [0, 0.1) is 0 Å². The minimum atomic E-state index is -3.01. The summed E-state index contributed by atoms with van der Waals surface area (Å²) in [5.74, 6) is -0.0715. The van der Waals surface area contributed by atoms with Crippen molar-refractivity contribution >= 4 is 15.7 Å². The lowest BCUT2D eigenvalue weighted by molar-refractivity contribution is 0.0940. The molecule has 1 atom stereocenters. The first-order valence-corrected chi connectivity index (χ1v) is 9.90. The minimum absolute atomic E-state index is 0.0261. The van der Waals surface area contributed by atoms with Gasteiger partial charge >= 0.3 is 0 Å². The molecule has 1 aliphatic heterocycles. The fraction of sp³-hybridized carbons (Fsp3) is 0.412. The standard InChI is InChI=1S/C17H21N3O3S/c1-2-16-15(17(21)19-14-8-9-24(22,23)12-14)10-18-20(16)11-13-6-4-3-5-7-13/h3-7,10,14H,2,8-9,11-12H2,1H3,(H,19,21). The lowest BCUT2D eigenvalue weighted by atomic mass is 10.1. The number of hydrogen-bond acceptors (Lipinski definition) is 4. The second kappa shape index (κ2) is 6.76. The maximum atomic E-state index is 12.5. The van der Waals surface area contributed by atoms with Gasteiger partial charge in [-0.25, -0.2) is 8.42 Å². The highest BCUT2D eigenvalue weighted by Crippen LogP contribution is 2.15. The molecule has 7 heteroatoms. The zero-order valence-electron chi connectivity index (χ0n) is 13.6. The van der Waals surface area contributed by atoms with Gasteiger partial charge in [-0.1, -0.05) is 37.3 Å². The Morgan fingerprint density at radius 2 is 2.08 bits per heavy atom. The van der Waals surface area contributed by atoms with Crippen molar-refractivity contribution in [2.75, 3.05) is 11.5 Å². The van der Waals surface area contributed by atoms with E-state index in [2.05, 4.69) is 10.4 Å². The molecule has 1 saturated heterocycles. The fourth-order valence-corrected chi connectivity index (χ4v) is 4.71. The van der Waals surface area contributed by atoms with Gasteiger partial charge in [0, 0.05) is 6.04 Å². The summed E-state index contributed by atoms with van der Waals surface area (Å²) in [6.07, 6.45) is 2.73. The normalized spacial score (nSPS) is 19.3. The van der Waals surface area contributed by atoms with Crippen molar-refractivity contribution in [3.05, 3.63) is 53.3 Å². The van der Waals surface area contributed by atoms with E-state index in [9.17, 15) is 13.2 Å². The van der Waals surface area contributed by atoms with E-state index in [0.29, 0.717) is 24.9 Å². The summed E-state index contributed by atoms with van der Waals surface area (Å²) >= 11 is 0. The molecule has 3 rings (SSSR count). The van der Waals surface area contributed by atoms with E-state index in [1.54, 1.807) is 6.20 Å². The predicted molar refractivity (Wildman–Crippen MR) is 91.7 cm³/mol. The summed E-state index contributed by atoms with van der Waals surface area (Å²) in [7, 11) is -3.01. The van der Waals surface area contributed by atoms with Crippen LogP contribution >= 0.6 is 0 Å². The van der Waals surface area contributed by atoms with Crippen LogP contribution in [0.4, 0.5) is 0 Å². The van der Waals surface area contributed by atoms with E-state index in [1.165, 1.54) is 0 Å². The highest BCUT2D eigenvalue weighted by Gasteiger charge is 2.30. The monoisotopic (exact) mass is 347 g/mol. The summed E-state index contributed by atoms with van der Waals surface area (Å²) < 4.78 is 24.9. The second-order valence-corrected chi connectivity index (χ2v) is 8.30. The third kappa shape index (κ3) is 3.67. The van der Waals surface area contributed by atoms with Crippen LogP contribution in [-0.4, -0.2) is 41.7 Å². The largest absolute Gasteiger partial charge is 0.348 e. The first-order chi connectivity index (χ1) is 11.5. The van der Waals surface area contributed by atoms with E-state index in [1.807, 2.05) is 41.9 Å². The van der Waals surface area contributed by atoms with Crippen LogP contribution in [0.2, 0.25) is 0 Å². The lowest BCUT2D eigenvalue weighted by Gasteiger charge is -2.12. The molecule has 0 spiro atoms. The van der Waals surface area contributed by atoms with Gasteiger partial charge < -0.3 is 5.32 Å². The van der Waals surface area contributed by atoms with Crippen LogP contribution in [0.1, 0.15) is 35.0 Å². The Hall–Kier alpha value is -2.15. The number of nitrogens with one attached hydrogen (secondary N) is 1. The molecule has 1 amide bonds. The van der Waals surface area contributed by atoms with Crippen LogP contribution in [-0.2, 0) is 22.8 Å². The molecule has 128 valence electrons. The molecular formula is C17H21N3O3S. The number of benzene rings is 1. The molecule has 1 unspecified atom stereocenters. The molecule has 2 aromatic rings. The quantitative estimate of drug-likeness (QED) is 0.887. The summed E-state index contributed by atoms with van der Waals surface area (Å²) in [6.45, 7) is 2.59. The molecule has 24 heavy (non-hydrogen) atoms. The lowest BCUT2D eigenvalue weighted by Crippen LogP contribution is -2.36. The molecule has 0 bridgehead atoms. The van der Waals surface area contributed by atoms with Gasteiger partial charge in [-0.05, 0) is 18.4 Å². The van der Waals surface area contributed by atoms with Crippen molar-refractivity contribution < 1.29 is 13.2 Å². The summed E-state index contributed by atoms with van der Waals surface area (Å²) in [5.41, 5.74) is 2.50. The van der Waals surface area contributed by atoms with Crippen molar-refractivity contribution in [3.8, 4) is 0 Å². The highest BCUT2D eigenvalue weighted by molar-refractivity contribution is 7.91. The Kier molecular flexibility index (Phi) is 4.71. The minimum Gasteiger partial charge on any atom is -0.348 e. The average Bonchev–Trinajstić information content (AvgIpc) is 3.11. The molecule has 1 fully saturated rings. The van der Waals surface area contributed by atoms with Gasteiger partial charge in [0.1, 0.15) is 0 Å². The smallest absolute Gasteiger partial charge is 0.255 e. The number of carbonyl (C=O) groups is 1. The first-order valence-electron chi connectivity index (χ1n) is 8.08. The third-order valence-electron chi connectivity index (χ3n) is 4.27. The number of hydrogen-bond donors (Lipinski definition) is 1. The maximum Gasteiger partial charge on any atom is 0.255 e. The van der Waals surface area contributed by atoms with Gasteiger partial charge in [0.05, 0.1) is 35.5 Å². The summed E-state index contributed by atoms with van der Waals surface area (Å²) in [4.78, 5) is 12.5. The second-order valence-electron chi connectivity index (χ2n) is 6.08. The molecule has 1 aliphatic rings. The number of aromatic nitrogens is 2. The van der Waals surface area contributed by atoms with Crippen molar-refractivity contribution in [2.24, 2.45) is 0 Å². The Balaban J connectivity index is 1.75. The van der Waals surface area contributed by atoms with E-state index in [4.69, 9.17) is 0 Å². The Bertz CT molecular complexity index is 828. The topological polar surface area (TPSA) is 81.1 Å². The molecule has 0 radical (unpaired) electrons. The number of carbonyl (C=O) groups excluding carboxylic acids is 1. The van der Waals surface area contributed by atoms with Gasteiger partial charge in [-0.2, -0.15) is 5.10 Å². The first kappa shape index (κ1) is 16.7. The maximum absolute atomic E-state index is 12.5. The molecule has 1 aromatic heterocycles. The van der Waals surface area contributed by atoms with Crippen molar-refractivity contribution in [1.82, 2.24) is 15.1 Å². The number of nitrogens with zero attached hydrogens (tertiary/aromatic N) is 2.